The number of carbonyl (C=O) groups is 1. The van der Waals surface area contributed by atoms with Gasteiger partial charge in [0.15, 0.2) is 0 Å². The molecule has 0 radical (unpaired) electrons. The number of ether oxygens (including phenoxy) is 1. The second kappa shape index (κ2) is 7.70. The van der Waals surface area contributed by atoms with E-state index in [-0.39, 0.29) is 17.0 Å². The molecule has 1 amide bonds. The predicted molar refractivity (Wildman–Crippen MR) is 97.1 cm³/mol. The van der Waals surface area contributed by atoms with Crippen molar-refractivity contribution in [1.82, 2.24) is 4.90 Å². The summed E-state index contributed by atoms with van der Waals surface area (Å²) in [7, 11) is 1.63. The van der Waals surface area contributed by atoms with Crippen molar-refractivity contribution in [1.29, 1.82) is 0 Å². The van der Waals surface area contributed by atoms with Gasteiger partial charge < -0.3 is 9.64 Å². The van der Waals surface area contributed by atoms with Crippen LogP contribution in [0.15, 0.2) is 48.5 Å². The fraction of sp³-hybridized carbons (Fsp3) is 0.250. The fourth-order valence-electron chi connectivity index (χ4n) is 3.08. The number of nitrogens with zero attached hydrogens (tertiary/aromatic N) is 1. The Morgan fingerprint density at radius 2 is 2.04 bits per heavy atom. The van der Waals surface area contributed by atoms with Crippen LogP contribution in [-0.2, 0) is 4.79 Å². The third-order valence-corrected chi connectivity index (χ3v) is 4.69. The first-order valence-corrected chi connectivity index (χ1v) is 8.54. The lowest BCUT2D eigenvalue weighted by Gasteiger charge is -2.24. The van der Waals surface area contributed by atoms with Gasteiger partial charge in [-0.05, 0) is 54.3 Å². The molecule has 130 valence electrons. The molecule has 25 heavy (non-hydrogen) atoms. The van der Waals surface area contributed by atoms with Crippen molar-refractivity contribution >= 4 is 23.6 Å². The van der Waals surface area contributed by atoms with Gasteiger partial charge in [0, 0.05) is 12.6 Å². The monoisotopic (exact) mass is 359 g/mol. The summed E-state index contributed by atoms with van der Waals surface area (Å²) in [6.45, 7) is 0.726. The first-order valence-electron chi connectivity index (χ1n) is 8.16. The van der Waals surface area contributed by atoms with Crippen molar-refractivity contribution in [3.05, 3.63) is 70.5 Å². The van der Waals surface area contributed by atoms with Crippen LogP contribution in [0.2, 0.25) is 5.02 Å². The molecule has 0 unspecified atom stereocenters. The number of benzene rings is 2. The van der Waals surface area contributed by atoms with Crippen LogP contribution in [0.5, 0.6) is 5.75 Å². The van der Waals surface area contributed by atoms with Gasteiger partial charge in [0.05, 0.1) is 18.2 Å². The summed E-state index contributed by atoms with van der Waals surface area (Å²) in [6, 6.07) is 12.3. The number of rotatable bonds is 4. The lowest BCUT2D eigenvalue weighted by Crippen LogP contribution is -2.28. The molecule has 2 aromatic rings. The van der Waals surface area contributed by atoms with Gasteiger partial charge >= 0.3 is 0 Å². The molecule has 3 nitrogen and oxygen atoms in total. The molecule has 0 bridgehead atoms. The van der Waals surface area contributed by atoms with Gasteiger partial charge in [-0.3, -0.25) is 4.79 Å². The number of likely N-dealkylation sites (tertiary alicyclic amines) is 1. The molecule has 0 aromatic heterocycles. The maximum Gasteiger partial charge on any atom is 0.247 e. The van der Waals surface area contributed by atoms with Crippen LogP contribution >= 0.6 is 11.6 Å². The van der Waals surface area contributed by atoms with Crippen molar-refractivity contribution in [2.75, 3.05) is 13.7 Å². The minimum absolute atomic E-state index is 0.0480. The fourth-order valence-corrected chi connectivity index (χ4v) is 3.27. The number of carbonyl (C=O) groups excluding carboxylic acids is 1. The van der Waals surface area contributed by atoms with Gasteiger partial charge in [0.1, 0.15) is 11.6 Å². The van der Waals surface area contributed by atoms with E-state index in [1.54, 1.807) is 19.3 Å². The normalized spacial score (nSPS) is 17.2. The topological polar surface area (TPSA) is 29.5 Å². The highest BCUT2D eigenvalue weighted by Crippen LogP contribution is 2.33. The largest absolute Gasteiger partial charge is 0.497 e. The first-order chi connectivity index (χ1) is 12.1. The highest BCUT2D eigenvalue weighted by Gasteiger charge is 2.28. The Hall–Kier alpha value is -2.33. The molecule has 3 rings (SSSR count). The molecule has 0 N–H and O–H groups in total. The molecule has 1 heterocycles. The van der Waals surface area contributed by atoms with Gasteiger partial charge in [-0.15, -0.1) is 0 Å². The molecule has 1 atom stereocenters. The molecule has 5 heteroatoms. The van der Waals surface area contributed by atoms with Crippen LogP contribution in [0.3, 0.4) is 0 Å². The van der Waals surface area contributed by atoms with Gasteiger partial charge in [0.2, 0.25) is 5.91 Å². The zero-order valence-corrected chi connectivity index (χ0v) is 14.7. The minimum Gasteiger partial charge on any atom is -0.497 e. The van der Waals surface area contributed by atoms with E-state index in [0.717, 1.165) is 30.7 Å². The summed E-state index contributed by atoms with van der Waals surface area (Å²) in [4.78, 5) is 14.4. The molecular weight excluding hydrogens is 341 g/mol. The summed E-state index contributed by atoms with van der Waals surface area (Å²) in [5.74, 6) is 0.274. The number of methoxy groups -OCH3 is 1. The van der Waals surface area contributed by atoms with Gasteiger partial charge in [-0.25, -0.2) is 4.39 Å². The molecule has 1 saturated heterocycles. The highest BCUT2D eigenvalue weighted by atomic mass is 35.5. The molecule has 0 spiro atoms. The van der Waals surface area contributed by atoms with E-state index in [2.05, 4.69) is 0 Å². The van der Waals surface area contributed by atoms with Crippen molar-refractivity contribution in [3.63, 3.8) is 0 Å². The maximum atomic E-state index is 13.2. The Labute approximate surface area is 151 Å². The summed E-state index contributed by atoms with van der Waals surface area (Å²) in [5, 5.41) is 0.0480. The smallest absolute Gasteiger partial charge is 0.247 e. The van der Waals surface area contributed by atoms with Crippen LogP contribution < -0.4 is 4.74 Å². The molecule has 0 aliphatic carbocycles. The summed E-state index contributed by atoms with van der Waals surface area (Å²) in [6.07, 6.45) is 5.09. The quantitative estimate of drug-likeness (QED) is 0.729. The van der Waals surface area contributed by atoms with Crippen molar-refractivity contribution in [2.45, 2.75) is 18.9 Å². The summed E-state index contributed by atoms with van der Waals surface area (Å²) >= 11 is 5.77. The van der Waals surface area contributed by atoms with Gasteiger partial charge in [0.25, 0.3) is 0 Å². The Bertz CT molecular complexity index is 789. The summed E-state index contributed by atoms with van der Waals surface area (Å²) < 4.78 is 18.4. The van der Waals surface area contributed by atoms with E-state index in [0.29, 0.717) is 5.56 Å². The first kappa shape index (κ1) is 17.5. The van der Waals surface area contributed by atoms with Crippen LogP contribution in [0.1, 0.15) is 30.0 Å². The minimum atomic E-state index is -0.468. The molecule has 2 aromatic carbocycles. The Morgan fingerprint density at radius 1 is 1.28 bits per heavy atom. The van der Waals surface area contributed by atoms with E-state index in [9.17, 15) is 9.18 Å². The number of halogens is 2. The van der Waals surface area contributed by atoms with E-state index in [4.69, 9.17) is 16.3 Å². The lowest BCUT2D eigenvalue weighted by atomic mass is 10.0. The highest BCUT2D eigenvalue weighted by molar-refractivity contribution is 6.30. The second-order valence-corrected chi connectivity index (χ2v) is 6.38. The van der Waals surface area contributed by atoms with Crippen LogP contribution in [0, 0.1) is 5.82 Å². The van der Waals surface area contributed by atoms with Crippen LogP contribution in [0.4, 0.5) is 4.39 Å². The average Bonchev–Trinajstić information content (AvgIpc) is 3.12. The van der Waals surface area contributed by atoms with Gasteiger partial charge in [-0.2, -0.15) is 0 Å². The zero-order chi connectivity index (χ0) is 17.8. The Kier molecular flexibility index (Phi) is 5.39. The standard InChI is InChI=1S/C20H19ClFNO2/c1-25-16-8-6-15(7-9-16)19-3-2-12-23(19)20(24)11-5-14-4-10-18(22)17(21)13-14/h4-11,13,19H,2-3,12H2,1H3/b11-5+/t19-/m0/s1. The molecule has 1 aliphatic heterocycles. The van der Waals surface area contributed by atoms with Crippen molar-refractivity contribution in [2.24, 2.45) is 0 Å². The number of amides is 1. The van der Waals surface area contributed by atoms with E-state index >= 15 is 0 Å². The van der Waals surface area contributed by atoms with Crippen molar-refractivity contribution in [3.8, 4) is 5.75 Å². The number of hydrogen-bond donors (Lipinski definition) is 0. The number of hydrogen-bond acceptors (Lipinski definition) is 2. The zero-order valence-electron chi connectivity index (χ0n) is 13.9. The summed E-state index contributed by atoms with van der Waals surface area (Å²) in [5.41, 5.74) is 1.80. The molecule has 1 fully saturated rings. The third kappa shape index (κ3) is 4.02. The molecular formula is C20H19ClFNO2. The van der Waals surface area contributed by atoms with E-state index < -0.39 is 5.82 Å². The molecule has 0 saturated carbocycles. The lowest BCUT2D eigenvalue weighted by molar-refractivity contribution is -0.126. The van der Waals surface area contributed by atoms with E-state index in [1.165, 1.54) is 18.2 Å². The molecule has 1 aliphatic rings. The van der Waals surface area contributed by atoms with E-state index in [1.807, 2.05) is 29.2 Å². The van der Waals surface area contributed by atoms with Crippen LogP contribution in [0.25, 0.3) is 6.08 Å². The van der Waals surface area contributed by atoms with Gasteiger partial charge in [-0.1, -0.05) is 29.8 Å². The SMILES string of the molecule is COc1ccc([C@@H]2CCCN2C(=O)/C=C/c2ccc(F)c(Cl)c2)cc1. The Balaban J connectivity index is 1.73. The Morgan fingerprint density at radius 3 is 2.72 bits per heavy atom. The second-order valence-electron chi connectivity index (χ2n) is 5.97. The van der Waals surface area contributed by atoms with Crippen molar-refractivity contribution < 1.29 is 13.9 Å². The third-order valence-electron chi connectivity index (χ3n) is 4.40. The average molecular weight is 360 g/mol. The van der Waals surface area contributed by atoms with Crippen LogP contribution in [-0.4, -0.2) is 24.5 Å². The maximum absolute atomic E-state index is 13.2. The predicted octanol–water partition coefficient (Wildman–Crippen LogP) is 4.86.